The summed E-state index contributed by atoms with van der Waals surface area (Å²) in [5.41, 5.74) is 3.70. The van der Waals surface area contributed by atoms with Crippen molar-refractivity contribution in [2.75, 3.05) is 0 Å². The number of halogens is 1. The van der Waals surface area contributed by atoms with Crippen molar-refractivity contribution in [1.29, 1.82) is 0 Å². The minimum atomic E-state index is -1.03. The summed E-state index contributed by atoms with van der Waals surface area (Å²) < 4.78 is 16.9. The van der Waals surface area contributed by atoms with E-state index in [1.165, 1.54) is 11.0 Å². The number of fused-ring (bicyclic) bond motifs is 4. The Hall–Kier alpha value is -5.28. The predicted molar refractivity (Wildman–Crippen MR) is 162 cm³/mol. The third-order valence-electron chi connectivity index (χ3n) is 8.81. The van der Waals surface area contributed by atoms with Gasteiger partial charge in [0, 0.05) is 47.2 Å². The van der Waals surface area contributed by atoms with Gasteiger partial charge < -0.3 is 5.11 Å². The summed E-state index contributed by atoms with van der Waals surface area (Å²) in [6.07, 6.45) is 2.14. The summed E-state index contributed by atoms with van der Waals surface area (Å²) in [6.45, 7) is 3.60. The molecule has 0 spiro atoms. The molecule has 0 unspecified atom stereocenters. The Morgan fingerprint density at radius 1 is 0.841 bits per heavy atom. The van der Waals surface area contributed by atoms with Gasteiger partial charge in [-0.2, -0.15) is 9.61 Å². The van der Waals surface area contributed by atoms with Gasteiger partial charge >= 0.3 is 0 Å². The molecular formula is C35H26FN5O3. The maximum Gasteiger partial charge on any atom is 0.262 e. The van der Waals surface area contributed by atoms with Crippen LogP contribution in [0.3, 0.4) is 0 Å². The van der Waals surface area contributed by atoms with Crippen molar-refractivity contribution >= 4 is 28.5 Å². The van der Waals surface area contributed by atoms with Gasteiger partial charge in [-0.3, -0.25) is 14.5 Å². The molecule has 0 atom stereocenters. The number of aryl methyl sites for hydroxylation is 1. The van der Waals surface area contributed by atoms with Crippen molar-refractivity contribution in [3.05, 3.63) is 119 Å². The lowest BCUT2D eigenvalue weighted by atomic mass is 9.61. The van der Waals surface area contributed by atoms with E-state index in [-0.39, 0.29) is 30.5 Å². The fourth-order valence-electron chi connectivity index (χ4n) is 6.97. The summed E-state index contributed by atoms with van der Waals surface area (Å²) in [5, 5.41) is 16.1. The summed E-state index contributed by atoms with van der Waals surface area (Å²) in [6, 6.07) is 24.6. The van der Waals surface area contributed by atoms with Crippen molar-refractivity contribution in [1.82, 2.24) is 24.5 Å². The van der Waals surface area contributed by atoms with Crippen LogP contribution in [-0.2, 0) is 5.54 Å². The van der Waals surface area contributed by atoms with Gasteiger partial charge in [0.15, 0.2) is 11.3 Å². The maximum atomic E-state index is 15.2. The van der Waals surface area contributed by atoms with Gasteiger partial charge in [-0.1, -0.05) is 54.6 Å². The van der Waals surface area contributed by atoms with Crippen LogP contribution in [0, 0.1) is 12.7 Å². The number of pyridine rings is 1. The number of carbonyl (C=O) groups is 2. The van der Waals surface area contributed by atoms with Crippen LogP contribution in [-0.4, -0.2) is 47.0 Å². The molecule has 3 aromatic carbocycles. The van der Waals surface area contributed by atoms with Crippen molar-refractivity contribution in [3.63, 3.8) is 0 Å². The Balaban J connectivity index is 1.28. The van der Waals surface area contributed by atoms with Crippen LogP contribution >= 0.6 is 0 Å². The molecule has 0 saturated heterocycles. The molecule has 1 saturated carbocycles. The molecule has 1 aliphatic carbocycles. The quantitative estimate of drug-likeness (QED) is 0.252. The topological polar surface area (TPSA) is 101 Å². The smallest absolute Gasteiger partial charge is 0.262 e. The Kier molecular flexibility index (Phi) is 5.46. The highest BCUT2D eigenvalue weighted by atomic mass is 19.1. The largest absolute Gasteiger partial charge is 0.390 e. The van der Waals surface area contributed by atoms with E-state index in [1.54, 1.807) is 60.1 Å². The van der Waals surface area contributed by atoms with E-state index < -0.39 is 11.1 Å². The van der Waals surface area contributed by atoms with Crippen molar-refractivity contribution in [3.8, 4) is 22.4 Å². The molecule has 44 heavy (non-hydrogen) atoms. The molecule has 4 heterocycles. The second-order valence-corrected chi connectivity index (χ2v) is 12.0. The number of aromatic nitrogens is 4. The SMILES string of the molecule is Cc1cc2ncc3cc(-c4ccccc4F)c(-c4ccc([C@]5(N6C(=O)c7ccccc7C6=O)C[C@](C)(O)C5)cc4)nc3n2n1. The third kappa shape index (κ3) is 3.75. The van der Waals surface area contributed by atoms with Crippen LogP contribution < -0.4 is 0 Å². The highest BCUT2D eigenvalue weighted by molar-refractivity contribution is 6.22. The monoisotopic (exact) mass is 583 g/mol. The summed E-state index contributed by atoms with van der Waals surface area (Å²) in [7, 11) is 0. The van der Waals surface area contributed by atoms with Crippen LogP contribution in [0.15, 0.2) is 91.1 Å². The molecular weight excluding hydrogens is 557 g/mol. The van der Waals surface area contributed by atoms with Gasteiger partial charge in [0.25, 0.3) is 11.8 Å². The van der Waals surface area contributed by atoms with Crippen molar-refractivity contribution in [2.45, 2.75) is 37.8 Å². The Bertz CT molecular complexity index is 2140. The lowest BCUT2D eigenvalue weighted by molar-refractivity contribution is -0.118. The maximum absolute atomic E-state index is 15.2. The number of aliphatic hydroxyl groups is 1. The molecule has 0 radical (unpaired) electrons. The first-order valence-electron chi connectivity index (χ1n) is 14.4. The highest BCUT2D eigenvalue weighted by Gasteiger charge is 2.60. The van der Waals surface area contributed by atoms with Gasteiger partial charge in [-0.05, 0) is 43.7 Å². The van der Waals surface area contributed by atoms with Crippen LogP contribution in [0.2, 0.25) is 0 Å². The first-order valence-corrected chi connectivity index (χ1v) is 14.4. The van der Waals surface area contributed by atoms with Gasteiger partial charge in [0.1, 0.15) is 5.82 Å². The molecule has 6 aromatic rings. The van der Waals surface area contributed by atoms with Crippen molar-refractivity contribution in [2.24, 2.45) is 0 Å². The number of carbonyl (C=O) groups excluding carboxylic acids is 2. The lowest BCUT2D eigenvalue weighted by Gasteiger charge is -2.55. The molecule has 216 valence electrons. The number of imide groups is 1. The zero-order valence-electron chi connectivity index (χ0n) is 24.0. The normalized spacial score (nSPS) is 21.2. The van der Waals surface area contributed by atoms with Crippen LogP contribution in [0.4, 0.5) is 4.39 Å². The molecule has 8 nitrogen and oxygen atoms in total. The number of benzene rings is 3. The fourth-order valence-corrected chi connectivity index (χ4v) is 6.97. The zero-order chi connectivity index (χ0) is 30.4. The molecule has 9 heteroatoms. The standard InChI is InChI=1S/C35H26FN5O3/c1-20-15-29-37-17-22-16-27(24-7-5-6-10-28(24)36)30(38-31(22)41(29)39-20)21-11-13-23(14-12-21)35(18-34(2,44)19-35)40-32(42)25-8-3-4-9-26(25)33(40)43/h3-17,44H,18-19H2,1-2H3/t34-,35-. The van der Waals surface area contributed by atoms with Gasteiger partial charge in [-0.15, -0.1) is 0 Å². The van der Waals surface area contributed by atoms with E-state index in [0.717, 1.165) is 11.3 Å². The minimum Gasteiger partial charge on any atom is -0.390 e. The molecule has 1 fully saturated rings. The van der Waals surface area contributed by atoms with E-state index in [2.05, 4.69) is 10.1 Å². The Morgan fingerprint density at radius 2 is 1.48 bits per heavy atom. The fraction of sp³-hybridized carbons (Fsp3) is 0.171. The molecule has 0 bridgehead atoms. The lowest BCUT2D eigenvalue weighted by Crippen LogP contribution is -2.63. The van der Waals surface area contributed by atoms with Gasteiger partial charge in [0.05, 0.1) is 33.7 Å². The van der Waals surface area contributed by atoms with E-state index >= 15 is 4.39 Å². The molecule has 1 N–H and O–H groups in total. The molecule has 2 aliphatic rings. The Labute approximate surface area is 251 Å². The number of hydrogen-bond donors (Lipinski definition) is 1. The van der Waals surface area contributed by atoms with E-state index in [9.17, 15) is 14.7 Å². The van der Waals surface area contributed by atoms with Gasteiger partial charge in [0.2, 0.25) is 0 Å². The summed E-state index contributed by atoms with van der Waals surface area (Å²) in [4.78, 5) is 37.9. The zero-order valence-corrected chi connectivity index (χ0v) is 24.0. The van der Waals surface area contributed by atoms with E-state index in [4.69, 9.17) is 4.98 Å². The van der Waals surface area contributed by atoms with Crippen LogP contribution in [0.1, 0.15) is 51.7 Å². The minimum absolute atomic E-state index is 0.211. The number of amides is 2. The number of hydrogen-bond acceptors (Lipinski definition) is 6. The van der Waals surface area contributed by atoms with Crippen LogP contribution in [0.5, 0.6) is 0 Å². The molecule has 3 aromatic heterocycles. The predicted octanol–water partition coefficient (Wildman–Crippen LogP) is 6.10. The summed E-state index contributed by atoms with van der Waals surface area (Å²) in [5.74, 6) is -1.11. The second kappa shape index (κ2) is 9.11. The Morgan fingerprint density at radius 3 is 2.11 bits per heavy atom. The molecule has 2 amide bonds. The number of rotatable bonds is 4. The average molecular weight is 584 g/mol. The van der Waals surface area contributed by atoms with Crippen LogP contribution in [0.25, 0.3) is 39.1 Å². The molecule has 8 rings (SSSR count). The third-order valence-corrected chi connectivity index (χ3v) is 8.81. The second-order valence-electron chi connectivity index (χ2n) is 12.0. The average Bonchev–Trinajstić information content (AvgIpc) is 3.51. The van der Waals surface area contributed by atoms with Gasteiger partial charge in [-0.25, -0.2) is 14.4 Å². The van der Waals surface area contributed by atoms with E-state index in [0.29, 0.717) is 50.2 Å². The highest BCUT2D eigenvalue weighted by Crippen LogP contribution is 2.54. The molecule has 1 aliphatic heterocycles. The van der Waals surface area contributed by atoms with Crippen molar-refractivity contribution < 1.29 is 19.1 Å². The van der Waals surface area contributed by atoms with E-state index in [1.807, 2.05) is 43.3 Å². The first-order chi connectivity index (χ1) is 21.1. The number of nitrogens with zero attached hydrogens (tertiary/aromatic N) is 5. The first kappa shape index (κ1) is 26.4. The summed E-state index contributed by atoms with van der Waals surface area (Å²) >= 11 is 0.